The molecule has 0 aliphatic carbocycles. The van der Waals surface area contributed by atoms with E-state index < -0.39 is 0 Å². The molecule has 0 fully saturated rings. The van der Waals surface area contributed by atoms with Crippen molar-refractivity contribution >= 4 is 0 Å². The maximum atomic E-state index is 5.84. The molecule has 0 unspecified atom stereocenters. The highest BCUT2D eigenvalue weighted by Gasteiger charge is 2.09. The molecular formula is C18H31NO. The van der Waals surface area contributed by atoms with Gasteiger partial charge in [-0.15, -0.1) is 0 Å². The van der Waals surface area contributed by atoms with Gasteiger partial charge in [-0.25, -0.2) is 0 Å². The van der Waals surface area contributed by atoms with Gasteiger partial charge in [0.2, 0.25) is 0 Å². The second-order valence-corrected chi connectivity index (χ2v) is 6.99. The topological polar surface area (TPSA) is 21.3 Å². The third-order valence-corrected chi connectivity index (χ3v) is 3.32. The van der Waals surface area contributed by atoms with Gasteiger partial charge < -0.3 is 10.1 Å². The smallest absolute Gasteiger partial charge is 0.0719 e. The molecule has 0 aliphatic rings. The Morgan fingerprint density at radius 1 is 1.10 bits per heavy atom. The minimum atomic E-state index is 0.348. The molecule has 0 heterocycles. The van der Waals surface area contributed by atoms with Crippen molar-refractivity contribution in [3.05, 3.63) is 35.4 Å². The molecule has 20 heavy (non-hydrogen) atoms. The fourth-order valence-electron chi connectivity index (χ4n) is 2.00. The molecule has 1 aromatic carbocycles. The summed E-state index contributed by atoms with van der Waals surface area (Å²) in [6.45, 7) is 13.7. The van der Waals surface area contributed by atoms with Gasteiger partial charge in [-0.3, -0.25) is 0 Å². The van der Waals surface area contributed by atoms with Crippen LogP contribution < -0.4 is 5.32 Å². The van der Waals surface area contributed by atoms with Crippen LogP contribution in [0.4, 0.5) is 0 Å². The quantitative estimate of drug-likeness (QED) is 0.720. The average Bonchev–Trinajstić information content (AvgIpc) is 2.34. The normalized spacial score (nSPS) is 12.1. The zero-order valence-electron chi connectivity index (χ0n) is 13.8. The number of ether oxygens (including phenoxy) is 1. The van der Waals surface area contributed by atoms with Crippen LogP contribution in [0.5, 0.6) is 0 Å². The van der Waals surface area contributed by atoms with Crippen LogP contribution in [0.3, 0.4) is 0 Å². The van der Waals surface area contributed by atoms with Gasteiger partial charge in [-0.1, -0.05) is 58.9 Å². The summed E-state index contributed by atoms with van der Waals surface area (Å²) in [4.78, 5) is 0. The predicted molar refractivity (Wildman–Crippen MR) is 87.0 cm³/mol. The van der Waals surface area contributed by atoms with Gasteiger partial charge in [-0.05, 0) is 35.9 Å². The molecular weight excluding hydrogens is 246 g/mol. The van der Waals surface area contributed by atoms with Gasteiger partial charge in [0.25, 0.3) is 0 Å². The maximum Gasteiger partial charge on any atom is 0.0719 e. The van der Waals surface area contributed by atoms with Crippen LogP contribution in [0.25, 0.3) is 0 Å². The van der Waals surface area contributed by atoms with Gasteiger partial charge in [-0.2, -0.15) is 0 Å². The Hall–Kier alpha value is -0.860. The maximum absolute atomic E-state index is 5.84. The van der Waals surface area contributed by atoms with Crippen LogP contribution in [0, 0.1) is 5.41 Å². The van der Waals surface area contributed by atoms with E-state index in [1.807, 2.05) is 0 Å². The van der Waals surface area contributed by atoms with Crippen LogP contribution in [-0.2, 0) is 17.8 Å². The number of hydrogen-bond acceptors (Lipinski definition) is 2. The van der Waals surface area contributed by atoms with E-state index in [4.69, 9.17) is 4.74 Å². The van der Waals surface area contributed by atoms with Gasteiger partial charge in [0.1, 0.15) is 0 Å². The lowest BCUT2D eigenvalue weighted by molar-refractivity contribution is 0.0958. The highest BCUT2D eigenvalue weighted by atomic mass is 16.5. The van der Waals surface area contributed by atoms with Crippen molar-refractivity contribution < 1.29 is 4.74 Å². The van der Waals surface area contributed by atoms with Crippen molar-refractivity contribution in [1.82, 2.24) is 5.32 Å². The first-order valence-electron chi connectivity index (χ1n) is 7.76. The molecule has 0 atom stereocenters. The fourth-order valence-corrected chi connectivity index (χ4v) is 2.00. The van der Waals surface area contributed by atoms with Crippen LogP contribution in [-0.4, -0.2) is 19.2 Å². The number of rotatable bonds is 8. The number of hydrogen-bond donors (Lipinski definition) is 1. The molecule has 1 N–H and O–H groups in total. The van der Waals surface area contributed by atoms with Crippen LogP contribution >= 0.6 is 0 Å². The first-order chi connectivity index (χ1) is 9.38. The van der Waals surface area contributed by atoms with E-state index in [-0.39, 0.29) is 0 Å². The molecule has 0 spiro atoms. The van der Waals surface area contributed by atoms with E-state index >= 15 is 0 Å². The lowest BCUT2D eigenvalue weighted by Gasteiger charge is -2.18. The van der Waals surface area contributed by atoms with Crippen molar-refractivity contribution in [2.45, 2.75) is 60.1 Å². The Morgan fingerprint density at radius 2 is 1.75 bits per heavy atom. The summed E-state index contributed by atoms with van der Waals surface area (Å²) < 4.78 is 5.84. The molecule has 1 rings (SSSR count). The van der Waals surface area contributed by atoms with E-state index in [2.05, 4.69) is 64.2 Å². The SMILES string of the molecule is CC(C)NCCc1ccccc1COCCC(C)(C)C. The standard InChI is InChI=1S/C18H31NO/c1-15(2)19-12-10-16-8-6-7-9-17(16)14-20-13-11-18(3,4)5/h6-9,15,19H,10-14H2,1-5H3. The fraction of sp³-hybridized carbons (Fsp3) is 0.667. The monoisotopic (exact) mass is 277 g/mol. The van der Waals surface area contributed by atoms with E-state index in [0.717, 1.165) is 32.6 Å². The number of benzene rings is 1. The second-order valence-electron chi connectivity index (χ2n) is 6.99. The summed E-state index contributed by atoms with van der Waals surface area (Å²) in [7, 11) is 0. The Bertz CT molecular complexity index is 379. The first-order valence-corrected chi connectivity index (χ1v) is 7.76. The third kappa shape index (κ3) is 7.66. The van der Waals surface area contributed by atoms with Crippen molar-refractivity contribution in [1.29, 1.82) is 0 Å². The van der Waals surface area contributed by atoms with Crippen molar-refractivity contribution in [3.63, 3.8) is 0 Å². The van der Waals surface area contributed by atoms with Crippen LogP contribution in [0.15, 0.2) is 24.3 Å². The molecule has 2 heteroatoms. The molecule has 0 aromatic heterocycles. The molecule has 0 bridgehead atoms. The van der Waals surface area contributed by atoms with Gasteiger partial charge in [0.05, 0.1) is 6.61 Å². The molecule has 0 aliphatic heterocycles. The summed E-state index contributed by atoms with van der Waals surface area (Å²) in [5.41, 5.74) is 3.07. The van der Waals surface area contributed by atoms with E-state index in [1.165, 1.54) is 11.1 Å². The van der Waals surface area contributed by atoms with Gasteiger partial charge in [0.15, 0.2) is 0 Å². The Balaban J connectivity index is 2.40. The molecule has 114 valence electrons. The lowest BCUT2D eigenvalue weighted by Crippen LogP contribution is -2.25. The van der Waals surface area contributed by atoms with E-state index in [1.54, 1.807) is 0 Å². The summed E-state index contributed by atoms with van der Waals surface area (Å²) >= 11 is 0. The molecule has 1 aromatic rings. The molecule has 2 nitrogen and oxygen atoms in total. The zero-order chi connectivity index (χ0) is 15.0. The Labute approximate surface area is 124 Å². The second kappa shape index (κ2) is 8.43. The van der Waals surface area contributed by atoms with E-state index in [0.29, 0.717) is 11.5 Å². The largest absolute Gasteiger partial charge is 0.377 e. The van der Waals surface area contributed by atoms with Gasteiger partial charge in [0, 0.05) is 12.6 Å². The summed E-state index contributed by atoms with van der Waals surface area (Å²) in [6.07, 6.45) is 2.17. The van der Waals surface area contributed by atoms with Crippen LogP contribution in [0.1, 0.15) is 52.2 Å². The summed E-state index contributed by atoms with van der Waals surface area (Å²) in [6, 6.07) is 9.16. The lowest BCUT2D eigenvalue weighted by atomic mass is 9.93. The first kappa shape index (κ1) is 17.2. The molecule has 0 saturated heterocycles. The minimum Gasteiger partial charge on any atom is -0.377 e. The average molecular weight is 277 g/mol. The van der Waals surface area contributed by atoms with E-state index in [9.17, 15) is 0 Å². The Kier molecular flexibility index (Phi) is 7.25. The van der Waals surface area contributed by atoms with Crippen molar-refractivity contribution in [2.24, 2.45) is 5.41 Å². The molecule has 0 amide bonds. The molecule has 0 radical (unpaired) electrons. The third-order valence-electron chi connectivity index (χ3n) is 3.32. The van der Waals surface area contributed by atoms with Gasteiger partial charge >= 0.3 is 0 Å². The highest BCUT2D eigenvalue weighted by Crippen LogP contribution is 2.19. The highest BCUT2D eigenvalue weighted by molar-refractivity contribution is 5.26. The van der Waals surface area contributed by atoms with Crippen LogP contribution in [0.2, 0.25) is 0 Å². The Morgan fingerprint density at radius 3 is 2.35 bits per heavy atom. The zero-order valence-corrected chi connectivity index (χ0v) is 13.8. The van der Waals surface area contributed by atoms with Crippen molar-refractivity contribution in [3.8, 4) is 0 Å². The predicted octanol–water partition coefficient (Wildman–Crippen LogP) is 4.18. The minimum absolute atomic E-state index is 0.348. The summed E-state index contributed by atoms with van der Waals surface area (Å²) in [5.74, 6) is 0. The summed E-state index contributed by atoms with van der Waals surface area (Å²) in [5, 5.41) is 3.47. The number of nitrogens with one attached hydrogen (secondary N) is 1. The van der Waals surface area contributed by atoms with Crippen molar-refractivity contribution in [2.75, 3.05) is 13.2 Å². The molecule has 0 saturated carbocycles.